The molecule has 0 unspecified atom stereocenters. The summed E-state index contributed by atoms with van der Waals surface area (Å²) >= 11 is 0. The van der Waals surface area contributed by atoms with Gasteiger partial charge in [0.25, 0.3) is 0 Å². The van der Waals surface area contributed by atoms with E-state index < -0.39 is 43.9 Å². The van der Waals surface area contributed by atoms with E-state index in [1.807, 2.05) is 25.5 Å². The third kappa shape index (κ3) is 9.10. The van der Waals surface area contributed by atoms with E-state index >= 15 is 0 Å². The molecule has 0 radical (unpaired) electrons. The first-order valence-corrected chi connectivity index (χ1v) is 20.2. The number of aromatic nitrogens is 5. The number of amides is 1. The summed E-state index contributed by atoms with van der Waals surface area (Å²) in [6.07, 6.45) is 5.02. The van der Waals surface area contributed by atoms with Gasteiger partial charge in [0, 0.05) is 29.4 Å². The molecule has 3 saturated carbocycles. The van der Waals surface area contributed by atoms with Crippen molar-refractivity contribution in [3.05, 3.63) is 70.7 Å². The maximum Gasteiger partial charge on any atom is 0.478 e. The molecule has 4 aromatic rings. The lowest BCUT2D eigenvalue weighted by Crippen LogP contribution is -2.59. The molecule has 0 spiro atoms. The van der Waals surface area contributed by atoms with Crippen LogP contribution in [0.5, 0.6) is 0 Å². The van der Waals surface area contributed by atoms with Crippen molar-refractivity contribution in [3.63, 3.8) is 0 Å². The number of carbonyl (C=O) groups excluding carboxylic acids is 1. The fraction of sp³-hybridized carbons (Fsp3) is 0.525. The normalized spacial score (nSPS) is 18.5. The summed E-state index contributed by atoms with van der Waals surface area (Å²) in [7, 11) is -4.33. The van der Waals surface area contributed by atoms with Gasteiger partial charge in [-0.15, -0.1) is 5.10 Å². The minimum absolute atomic E-state index is 0.0896. The van der Waals surface area contributed by atoms with E-state index in [1.54, 1.807) is 60.7 Å². The molecule has 3 aliphatic rings. The highest BCUT2D eigenvalue weighted by atomic mass is 31.2. The zero-order chi connectivity index (χ0) is 41.7. The molecule has 57 heavy (non-hydrogen) atoms. The molecule has 302 valence electrons. The number of phosphoric acid groups is 1. The lowest BCUT2D eigenvalue weighted by Gasteiger charge is -2.61. The first kappa shape index (κ1) is 41.6. The molecule has 7 rings (SSSR count). The fourth-order valence-corrected chi connectivity index (χ4v) is 8.73. The van der Waals surface area contributed by atoms with E-state index in [0.29, 0.717) is 40.3 Å². The summed E-state index contributed by atoms with van der Waals surface area (Å²) in [5, 5.41) is 33.4. The Hall–Kier alpha value is -4.99. The number of hydrogen-bond acceptors (Lipinski definition) is 13. The topological polar surface area (TPSA) is 190 Å². The lowest BCUT2D eigenvalue weighted by molar-refractivity contribution is -0.0989. The van der Waals surface area contributed by atoms with Gasteiger partial charge in [0.2, 0.25) is 12.7 Å². The molecule has 1 atom stereocenters. The molecule has 0 aliphatic heterocycles. The largest absolute Gasteiger partial charge is 0.478 e. The zero-order valence-electron chi connectivity index (χ0n) is 34.0. The first-order valence-electron chi connectivity index (χ1n) is 18.7. The zero-order valence-corrected chi connectivity index (χ0v) is 34.9. The van der Waals surface area contributed by atoms with Crippen LogP contribution in [0.2, 0.25) is 0 Å². The average Bonchev–Trinajstić information content (AvgIpc) is 3.51. The van der Waals surface area contributed by atoms with Crippen molar-refractivity contribution in [1.82, 2.24) is 25.0 Å². The van der Waals surface area contributed by atoms with Crippen LogP contribution in [0, 0.1) is 46.9 Å². The van der Waals surface area contributed by atoms with E-state index in [4.69, 9.17) is 18.3 Å². The lowest BCUT2D eigenvalue weighted by atomic mass is 9.50. The van der Waals surface area contributed by atoms with Gasteiger partial charge in [-0.25, -0.2) is 23.5 Å². The summed E-state index contributed by atoms with van der Waals surface area (Å²) < 4.78 is 53.1. The van der Waals surface area contributed by atoms with E-state index in [2.05, 4.69) is 37.7 Å². The minimum atomic E-state index is -4.33. The molecule has 3 fully saturated rings. The Morgan fingerprint density at radius 3 is 2.25 bits per heavy atom. The van der Waals surface area contributed by atoms with Gasteiger partial charge in [-0.2, -0.15) is 14.9 Å². The predicted octanol–water partition coefficient (Wildman–Crippen LogP) is 8.82. The molecule has 0 saturated heterocycles. The van der Waals surface area contributed by atoms with E-state index in [-0.39, 0.29) is 33.5 Å². The van der Waals surface area contributed by atoms with E-state index in [0.717, 1.165) is 19.3 Å². The van der Waals surface area contributed by atoms with Crippen LogP contribution >= 0.6 is 7.82 Å². The highest BCUT2D eigenvalue weighted by Gasteiger charge is 2.59. The Morgan fingerprint density at radius 1 is 1.05 bits per heavy atom. The Kier molecular flexibility index (Phi) is 11.0. The number of phosphoric ester groups is 1. The maximum absolute atomic E-state index is 14.8. The molecule has 15 nitrogen and oxygen atoms in total. The average molecular weight is 802 g/mol. The van der Waals surface area contributed by atoms with Gasteiger partial charge in [0.05, 0.1) is 51.0 Å². The number of fused-ring (bicyclic) bond motifs is 1. The molecule has 2 bridgehead atoms. The molecular formula is C40H49FN9O6P. The second-order valence-corrected chi connectivity index (χ2v) is 19.5. The van der Waals surface area contributed by atoms with E-state index in [9.17, 15) is 24.3 Å². The van der Waals surface area contributed by atoms with Gasteiger partial charge in [-0.05, 0) is 97.3 Å². The summed E-state index contributed by atoms with van der Waals surface area (Å²) in [5.74, 6) is -0.0930. The number of halogens is 1. The van der Waals surface area contributed by atoms with Crippen LogP contribution in [-0.2, 0) is 28.4 Å². The number of nitriles is 2. The van der Waals surface area contributed by atoms with Crippen molar-refractivity contribution < 1.29 is 32.1 Å². The fourth-order valence-electron chi connectivity index (χ4n) is 7.06. The SMILES string of the molecule is Cc1nc(F)ccc1[C@@H](c1cn(C23CC(C2)C3)nn1)N(C(=O)OCOP(=O)(OC(C)(C)C)OC(C)(C)C)c1cc(C#N)c2ncc(C#N)c(NCC(C)(C)C)c2c1. The summed E-state index contributed by atoms with van der Waals surface area (Å²) in [6, 6.07) is 8.98. The third-order valence-corrected chi connectivity index (χ3v) is 11.5. The number of nitrogens with one attached hydrogen (secondary N) is 1. The quantitative estimate of drug-likeness (QED) is 0.0813. The Bertz CT molecular complexity index is 2300. The van der Waals surface area contributed by atoms with Crippen molar-refractivity contribution in [2.24, 2.45) is 11.3 Å². The molecule has 1 N–H and O–H groups in total. The van der Waals surface area contributed by atoms with Crippen molar-refractivity contribution in [2.75, 3.05) is 23.6 Å². The van der Waals surface area contributed by atoms with Crippen LogP contribution in [-0.4, -0.2) is 55.6 Å². The Morgan fingerprint density at radius 2 is 1.70 bits per heavy atom. The van der Waals surface area contributed by atoms with Crippen molar-refractivity contribution in [2.45, 2.75) is 111 Å². The summed E-state index contributed by atoms with van der Waals surface area (Å²) in [4.78, 5) is 24.6. The number of aryl methyl sites for hydroxylation is 1. The van der Waals surface area contributed by atoms with Gasteiger partial charge in [-0.3, -0.25) is 18.9 Å². The van der Waals surface area contributed by atoms with Crippen LogP contribution in [0.4, 0.5) is 20.6 Å². The molecule has 1 aromatic carbocycles. The minimum Gasteiger partial charge on any atom is -0.421 e. The second kappa shape index (κ2) is 15.1. The highest BCUT2D eigenvalue weighted by Crippen LogP contribution is 2.62. The monoisotopic (exact) mass is 801 g/mol. The van der Waals surface area contributed by atoms with Crippen molar-refractivity contribution in [3.8, 4) is 12.1 Å². The number of rotatable bonds is 12. The number of hydrogen-bond donors (Lipinski definition) is 1. The predicted molar refractivity (Wildman–Crippen MR) is 209 cm³/mol. The molecule has 3 heterocycles. The molecule has 3 aliphatic carbocycles. The summed E-state index contributed by atoms with van der Waals surface area (Å²) in [5.41, 5.74) is -0.211. The van der Waals surface area contributed by atoms with Crippen LogP contribution in [0.3, 0.4) is 0 Å². The van der Waals surface area contributed by atoms with Crippen molar-refractivity contribution in [1.29, 1.82) is 10.5 Å². The van der Waals surface area contributed by atoms with Gasteiger partial charge in [-0.1, -0.05) is 32.1 Å². The highest BCUT2D eigenvalue weighted by molar-refractivity contribution is 7.48. The second-order valence-electron chi connectivity index (χ2n) is 18.0. The van der Waals surface area contributed by atoms with Gasteiger partial charge < -0.3 is 10.1 Å². The number of pyridine rings is 2. The first-order chi connectivity index (χ1) is 26.5. The van der Waals surface area contributed by atoms with E-state index in [1.165, 1.54) is 29.3 Å². The number of nitrogens with zero attached hydrogens (tertiary/aromatic N) is 8. The maximum atomic E-state index is 14.8. The number of carbonyl (C=O) groups is 1. The molecule has 3 aromatic heterocycles. The Labute approximate surface area is 332 Å². The molecule has 17 heteroatoms. The van der Waals surface area contributed by atoms with Crippen LogP contribution in [0.25, 0.3) is 10.9 Å². The number of anilines is 2. The Balaban J connectivity index is 1.52. The van der Waals surface area contributed by atoms with Crippen LogP contribution in [0.1, 0.15) is 116 Å². The summed E-state index contributed by atoms with van der Waals surface area (Å²) in [6.45, 7) is 17.3. The third-order valence-electron chi connectivity index (χ3n) is 9.56. The van der Waals surface area contributed by atoms with Gasteiger partial charge in [0.15, 0.2) is 0 Å². The number of benzene rings is 1. The smallest absolute Gasteiger partial charge is 0.421 e. The standard InChI is InChI=1S/C40H49FN9O6P/c1-24-29(11-12-32(41)46-24)35(31-21-49(48-47-31)40-15-25(16-40)17-40)50(36(51)53-23-54-57(52,55-38(5,6)7)56-39(8,9)10)28-13-26(18-42)33-30(14-28)34(27(19-43)20-44-33)45-22-37(2,3)4/h11-14,20-21,25,35H,15-17,22-23H2,1-10H3,(H,44,45)/t25?,35-,40?/m0/s1. The molecular weight excluding hydrogens is 752 g/mol. The van der Waals surface area contributed by atoms with Crippen LogP contribution < -0.4 is 10.2 Å². The molecule has 1 amide bonds. The van der Waals surface area contributed by atoms with Gasteiger partial charge >= 0.3 is 13.9 Å². The van der Waals surface area contributed by atoms with Crippen molar-refractivity contribution >= 4 is 36.2 Å². The van der Waals surface area contributed by atoms with Gasteiger partial charge in [0.1, 0.15) is 23.9 Å². The number of ether oxygens (including phenoxy) is 1. The van der Waals surface area contributed by atoms with Crippen LogP contribution in [0.15, 0.2) is 36.7 Å².